The van der Waals surface area contributed by atoms with E-state index >= 15 is 0 Å². The highest BCUT2D eigenvalue weighted by atomic mass is 32.2. The van der Waals surface area contributed by atoms with Crippen molar-refractivity contribution in [2.45, 2.75) is 23.8 Å². The number of benzene rings is 1. The number of rotatable bonds is 4. The maximum absolute atomic E-state index is 12.4. The van der Waals surface area contributed by atoms with Gasteiger partial charge in [-0.05, 0) is 30.7 Å². The molecule has 1 aliphatic rings. The second-order valence-electron chi connectivity index (χ2n) is 4.52. The molecule has 20 heavy (non-hydrogen) atoms. The standard InChI is InChI=1S/C13H17NO4S2/c1-18-13(15)11-6-2-3-7-12(11)20(16,17)14-10-5-4-8-19-9-10/h2-3,6-7,10,14H,4-5,8-9H2,1H3. The van der Waals surface area contributed by atoms with E-state index in [1.165, 1.54) is 19.2 Å². The van der Waals surface area contributed by atoms with Gasteiger partial charge in [0.05, 0.1) is 17.6 Å². The van der Waals surface area contributed by atoms with Crippen LogP contribution in [-0.4, -0.2) is 39.0 Å². The lowest BCUT2D eigenvalue weighted by molar-refractivity contribution is 0.0596. The molecule has 1 aromatic carbocycles. The van der Waals surface area contributed by atoms with Crippen molar-refractivity contribution in [2.75, 3.05) is 18.6 Å². The van der Waals surface area contributed by atoms with Gasteiger partial charge in [0.15, 0.2) is 0 Å². The van der Waals surface area contributed by atoms with Gasteiger partial charge >= 0.3 is 5.97 Å². The fraction of sp³-hybridized carbons (Fsp3) is 0.462. The average Bonchev–Trinajstić information content (AvgIpc) is 2.47. The Morgan fingerprint density at radius 3 is 2.80 bits per heavy atom. The summed E-state index contributed by atoms with van der Waals surface area (Å²) in [5, 5.41) is 0. The lowest BCUT2D eigenvalue weighted by Crippen LogP contribution is -2.38. The van der Waals surface area contributed by atoms with Crippen LogP contribution in [0, 0.1) is 0 Å². The monoisotopic (exact) mass is 315 g/mol. The van der Waals surface area contributed by atoms with Gasteiger partial charge in [-0.25, -0.2) is 17.9 Å². The topological polar surface area (TPSA) is 72.5 Å². The summed E-state index contributed by atoms with van der Waals surface area (Å²) in [4.78, 5) is 11.6. The summed E-state index contributed by atoms with van der Waals surface area (Å²) in [7, 11) is -2.48. The average molecular weight is 315 g/mol. The van der Waals surface area contributed by atoms with Crippen molar-refractivity contribution in [3.8, 4) is 0 Å². The van der Waals surface area contributed by atoms with Gasteiger partial charge in [-0.2, -0.15) is 11.8 Å². The molecule has 1 aliphatic heterocycles. The molecule has 0 radical (unpaired) electrons. The third-order valence-electron chi connectivity index (χ3n) is 3.06. The summed E-state index contributed by atoms with van der Waals surface area (Å²) in [6.45, 7) is 0. The molecule has 1 heterocycles. The quantitative estimate of drug-likeness (QED) is 0.855. The van der Waals surface area contributed by atoms with Crippen LogP contribution < -0.4 is 4.72 Å². The molecule has 0 aliphatic carbocycles. The fourth-order valence-electron chi connectivity index (χ4n) is 2.10. The molecule has 1 unspecified atom stereocenters. The van der Waals surface area contributed by atoms with E-state index in [-0.39, 0.29) is 16.5 Å². The van der Waals surface area contributed by atoms with Crippen LogP contribution >= 0.6 is 11.8 Å². The van der Waals surface area contributed by atoms with Crippen LogP contribution in [0.5, 0.6) is 0 Å². The number of carbonyl (C=O) groups is 1. The van der Waals surface area contributed by atoms with E-state index in [0.29, 0.717) is 0 Å². The van der Waals surface area contributed by atoms with Crippen LogP contribution in [0.2, 0.25) is 0 Å². The Morgan fingerprint density at radius 2 is 2.15 bits per heavy atom. The van der Waals surface area contributed by atoms with Crippen molar-refractivity contribution >= 4 is 27.8 Å². The van der Waals surface area contributed by atoms with E-state index < -0.39 is 16.0 Å². The maximum Gasteiger partial charge on any atom is 0.339 e. The summed E-state index contributed by atoms with van der Waals surface area (Å²) in [6.07, 6.45) is 1.82. The molecule has 1 N–H and O–H groups in total. The predicted molar refractivity (Wildman–Crippen MR) is 78.5 cm³/mol. The maximum atomic E-state index is 12.4. The fourth-order valence-corrected chi connectivity index (χ4v) is 4.74. The smallest absolute Gasteiger partial charge is 0.339 e. The van der Waals surface area contributed by atoms with Gasteiger partial charge in [0, 0.05) is 11.8 Å². The SMILES string of the molecule is COC(=O)c1ccccc1S(=O)(=O)NC1CCCSC1. The number of thioether (sulfide) groups is 1. The van der Waals surface area contributed by atoms with E-state index in [9.17, 15) is 13.2 Å². The van der Waals surface area contributed by atoms with Crippen LogP contribution in [0.15, 0.2) is 29.2 Å². The van der Waals surface area contributed by atoms with Crippen molar-refractivity contribution in [2.24, 2.45) is 0 Å². The summed E-state index contributed by atoms with van der Waals surface area (Å²) in [5.74, 6) is 1.18. The number of hydrogen-bond donors (Lipinski definition) is 1. The number of nitrogens with one attached hydrogen (secondary N) is 1. The molecule has 0 aromatic heterocycles. The number of sulfonamides is 1. The number of methoxy groups -OCH3 is 1. The van der Waals surface area contributed by atoms with Gasteiger partial charge in [-0.15, -0.1) is 0 Å². The molecule has 0 amide bonds. The molecule has 7 heteroatoms. The Bertz CT molecular complexity index is 580. The Hall–Kier alpha value is -1.05. The molecular weight excluding hydrogens is 298 g/mol. The zero-order chi connectivity index (χ0) is 14.6. The molecule has 110 valence electrons. The van der Waals surface area contributed by atoms with E-state index in [1.807, 2.05) is 0 Å². The number of carbonyl (C=O) groups excluding carboxylic acids is 1. The second kappa shape index (κ2) is 6.60. The van der Waals surface area contributed by atoms with Gasteiger partial charge in [-0.3, -0.25) is 0 Å². The number of hydrogen-bond acceptors (Lipinski definition) is 5. The van der Waals surface area contributed by atoms with Gasteiger partial charge in [-0.1, -0.05) is 12.1 Å². The lowest BCUT2D eigenvalue weighted by Gasteiger charge is -2.22. The molecule has 1 atom stereocenters. The zero-order valence-electron chi connectivity index (χ0n) is 11.2. The normalized spacial score (nSPS) is 19.6. The van der Waals surface area contributed by atoms with E-state index in [2.05, 4.69) is 9.46 Å². The third-order valence-corrected chi connectivity index (χ3v) is 5.86. The van der Waals surface area contributed by atoms with Crippen LogP contribution in [0.3, 0.4) is 0 Å². The number of ether oxygens (including phenoxy) is 1. The molecule has 2 rings (SSSR count). The first-order valence-corrected chi connectivity index (χ1v) is 8.96. The summed E-state index contributed by atoms with van der Waals surface area (Å²) in [6, 6.07) is 6.00. The van der Waals surface area contributed by atoms with Gasteiger partial charge in [0.1, 0.15) is 0 Å². The zero-order valence-corrected chi connectivity index (χ0v) is 12.8. The highest BCUT2D eigenvalue weighted by Gasteiger charge is 2.26. The number of esters is 1. The first-order valence-electron chi connectivity index (χ1n) is 6.32. The van der Waals surface area contributed by atoms with Gasteiger partial charge < -0.3 is 4.74 Å². The first kappa shape index (κ1) is 15.3. The molecule has 1 aromatic rings. The molecule has 0 saturated carbocycles. The van der Waals surface area contributed by atoms with Crippen molar-refractivity contribution in [3.63, 3.8) is 0 Å². The predicted octanol–water partition coefficient (Wildman–Crippen LogP) is 1.65. The second-order valence-corrected chi connectivity index (χ2v) is 7.36. The van der Waals surface area contributed by atoms with Crippen molar-refractivity contribution in [3.05, 3.63) is 29.8 Å². The Balaban J connectivity index is 2.27. The molecular formula is C13H17NO4S2. The minimum atomic E-state index is -3.71. The molecule has 5 nitrogen and oxygen atoms in total. The highest BCUT2D eigenvalue weighted by molar-refractivity contribution is 7.99. The van der Waals surface area contributed by atoms with Crippen molar-refractivity contribution in [1.82, 2.24) is 4.72 Å². The molecule has 1 saturated heterocycles. The summed E-state index contributed by atoms with van der Waals surface area (Å²) in [5.41, 5.74) is 0.0611. The third kappa shape index (κ3) is 3.53. The van der Waals surface area contributed by atoms with E-state index in [4.69, 9.17) is 0 Å². The Kier molecular flexibility index (Phi) is 5.06. The molecule has 1 fully saturated rings. The summed E-state index contributed by atoms with van der Waals surface area (Å²) < 4.78 is 32.1. The van der Waals surface area contributed by atoms with Crippen LogP contribution in [0.4, 0.5) is 0 Å². The lowest BCUT2D eigenvalue weighted by atomic mass is 10.2. The minimum Gasteiger partial charge on any atom is -0.465 e. The molecule has 0 bridgehead atoms. The van der Waals surface area contributed by atoms with Crippen LogP contribution in [0.1, 0.15) is 23.2 Å². The largest absolute Gasteiger partial charge is 0.465 e. The van der Waals surface area contributed by atoms with Crippen LogP contribution in [0.25, 0.3) is 0 Å². The van der Waals surface area contributed by atoms with Crippen molar-refractivity contribution in [1.29, 1.82) is 0 Å². The van der Waals surface area contributed by atoms with Gasteiger partial charge in [0.25, 0.3) is 0 Å². The van der Waals surface area contributed by atoms with Crippen LogP contribution in [-0.2, 0) is 14.8 Å². The van der Waals surface area contributed by atoms with Crippen molar-refractivity contribution < 1.29 is 17.9 Å². The van der Waals surface area contributed by atoms with Gasteiger partial charge in [0.2, 0.25) is 10.0 Å². The summed E-state index contributed by atoms with van der Waals surface area (Å²) >= 11 is 1.74. The first-order chi connectivity index (χ1) is 9.54. The Labute approximate surface area is 123 Å². The molecule has 0 spiro atoms. The van der Waals surface area contributed by atoms with E-state index in [1.54, 1.807) is 23.9 Å². The highest BCUT2D eigenvalue weighted by Crippen LogP contribution is 2.21. The Morgan fingerprint density at radius 1 is 1.40 bits per heavy atom. The van der Waals surface area contributed by atoms with E-state index in [0.717, 1.165) is 24.3 Å². The minimum absolute atomic E-state index is 0.0255.